The van der Waals surface area contributed by atoms with Crippen LogP contribution in [0.25, 0.3) is 0 Å². The van der Waals surface area contributed by atoms with Crippen LogP contribution >= 0.6 is 11.3 Å². The van der Waals surface area contributed by atoms with E-state index in [4.69, 9.17) is 9.47 Å². The van der Waals surface area contributed by atoms with E-state index < -0.39 is 5.97 Å². The number of benzene rings is 1. The summed E-state index contributed by atoms with van der Waals surface area (Å²) in [5.74, 6) is -0.248. The van der Waals surface area contributed by atoms with Crippen molar-refractivity contribution >= 4 is 28.2 Å². The summed E-state index contributed by atoms with van der Waals surface area (Å²) in [4.78, 5) is 24.9. The van der Waals surface area contributed by atoms with E-state index in [0.717, 1.165) is 17.5 Å². The van der Waals surface area contributed by atoms with Gasteiger partial charge in [-0.05, 0) is 47.9 Å². The van der Waals surface area contributed by atoms with Gasteiger partial charge < -0.3 is 14.8 Å². The van der Waals surface area contributed by atoms with Gasteiger partial charge >= 0.3 is 5.97 Å². The minimum absolute atomic E-state index is 0.252. The fourth-order valence-electron chi connectivity index (χ4n) is 2.60. The van der Waals surface area contributed by atoms with Crippen LogP contribution in [0.15, 0.2) is 29.6 Å². The molecule has 1 aromatic carbocycles. The molecule has 0 bridgehead atoms. The average molecular weight is 375 g/mol. The van der Waals surface area contributed by atoms with E-state index in [9.17, 15) is 9.59 Å². The first-order chi connectivity index (χ1) is 12.5. The zero-order valence-electron chi connectivity index (χ0n) is 15.6. The molecule has 0 aliphatic carbocycles. The first kappa shape index (κ1) is 20.1. The summed E-state index contributed by atoms with van der Waals surface area (Å²) < 4.78 is 10.3. The minimum atomic E-state index is -0.393. The summed E-state index contributed by atoms with van der Waals surface area (Å²) in [7, 11) is 1.63. The van der Waals surface area contributed by atoms with E-state index in [0.29, 0.717) is 35.3 Å². The largest absolute Gasteiger partial charge is 0.462 e. The van der Waals surface area contributed by atoms with Crippen molar-refractivity contribution in [3.05, 3.63) is 51.9 Å². The van der Waals surface area contributed by atoms with Crippen molar-refractivity contribution in [3.8, 4) is 0 Å². The number of hydrogen-bond donors (Lipinski definition) is 1. The molecule has 1 heterocycles. The third kappa shape index (κ3) is 5.16. The van der Waals surface area contributed by atoms with Gasteiger partial charge in [0.15, 0.2) is 0 Å². The van der Waals surface area contributed by atoms with Crippen LogP contribution in [-0.2, 0) is 22.5 Å². The zero-order chi connectivity index (χ0) is 19.1. The average Bonchev–Trinajstić information content (AvgIpc) is 2.97. The molecule has 1 aromatic heterocycles. The van der Waals surface area contributed by atoms with Crippen LogP contribution in [0, 0.1) is 5.92 Å². The van der Waals surface area contributed by atoms with Crippen LogP contribution in [0.5, 0.6) is 0 Å². The second-order valence-corrected chi connectivity index (χ2v) is 7.25. The molecule has 5 nitrogen and oxygen atoms in total. The Kier molecular flexibility index (Phi) is 7.36. The highest BCUT2D eigenvalue weighted by molar-refractivity contribution is 7.15. The van der Waals surface area contributed by atoms with Crippen molar-refractivity contribution < 1.29 is 19.1 Å². The fourth-order valence-corrected chi connectivity index (χ4v) is 3.56. The Hall–Kier alpha value is -2.18. The quantitative estimate of drug-likeness (QED) is 0.689. The number of anilines is 1. The summed E-state index contributed by atoms with van der Waals surface area (Å²) in [5.41, 5.74) is 2.90. The third-order valence-electron chi connectivity index (χ3n) is 3.73. The molecule has 0 atom stereocenters. The van der Waals surface area contributed by atoms with Gasteiger partial charge in [0.2, 0.25) is 0 Å². The second-order valence-electron chi connectivity index (χ2n) is 6.37. The van der Waals surface area contributed by atoms with Gasteiger partial charge in [0, 0.05) is 12.7 Å². The molecule has 0 aliphatic rings. The molecule has 0 unspecified atom stereocenters. The molecule has 26 heavy (non-hydrogen) atoms. The van der Waals surface area contributed by atoms with E-state index in [1.54, 1.807) is 26.2 Å². The SMILES string of the molecule is CCOC(=O)c1c(CC(C)C)csc1NC(=O)c1ccc(COC)cc1. The van der Waals surface area contributed by atoms with Gasteiger partial charge in [0.1, 0.15) is 5.00 Å². The molecule has 0 radical (unpaired) electrons. The smallest absolute Gasteiger partial charge is 0.341 e. The first-order valence-electron chi connectivity index (χ1n) is 8.63. The predicted octanol–water partition coefficient (Wildman–Crippen LogP) is 4.52. The number of rotatable bonds is 8. The Morgan fingerprint density at radius 3 is 2.46 bits per heavy atom. The highest BCUT2D eigenvalue weighted by Gasteiger charge is 2.22. The summed E-state index contributed by atoms with van der Waals surface area (Å²) in [5, 5.41) is 5.31. The lowest BCUT2D eigenvalue weighted by Gasteiger charge is -2.10. The van der Waals surface area contributed by atoms with Crippen LogP contribution in [-0.4, -0.2) is 25.6 Å². The molecule has 0 aliphatic heterocycles. The van der Waals surface area contributed by atoms with Gasteiger partial charge in [-0.25, -0.2) is 4.79 Å². The van der Waals surface area contributed by atoms with Crippen molar-refractivity contribution in [1.29, 1.82) is 0 Å². The van der Waals surface area contributed by atoms with Crippen LogP contribution in [0.3, 0.4) is 0 Å². The lowest BCUT2D eigenvalue weighted by molar-refractivity contribution is 0.0527. The van der Waals surface area contributed by atoms with Gasteiger partial charge in [0.25, 0.3) is 5.91 Å². The van der Waals surface area contributed by atoms with E-state index in [-0.39, 0.29) is 5.91 Å². The number of hydrogen-bond acceptors (Lipinski definition) is 5. The van der Waals surface area contributed by atoms with Gasteiger partial charge in [-0.1, -0.05) is 26.0 Å². The van der Waals surface area contributed by atoms with Crippen molar-refractivity contribution in [2.24, 2.45) is 5.92 Å². The molecule has 1 amide bonds. The number of ether oxygens (including phenoxy) is 2. The molecule has 140 valence electrons. The molecule has 6 heteroatoms. The standard InChI is InChI=1S/C20H25NO4S/c1-5-25-20(23)17-16(10-13(2)3)12-26-19(17)21-18(22)15-8-6-14(7-9-15)11-24-4/h6-9,12-13H,5,10-11H2,1-4H3,(H,21,22). The Morgan fingerprint density at radius 1 is 1.19 bits per heavy atom. The van der Waals surface area contributed by atoms with Crippen molar-refractivity contribution in [3.63, 3.8) is 0 Å². The van der Waals surface area contributed by atoms with Crippen LogP contribution in [0.4, 0.5) is 5.00 Å². The first-order valence-corrected chi connectivity index (χ1v) is 9.50. The van der Waals surface area contributed by atoms with Crippen molar-refractivity contribution in [2.75, 3.05) is 19.0 Å². The summed E-state index contributed by atoms with van der Waals surface area (Å²) in [6.07, 6.45) is 0.756. The Bertz CT molecular complexity index is 750. The fraction of sp³-hybridized carbons (Fsp3) is 0.400. The minimum Gasteiger partial charge on any atom is -0.462 e. The van der Waals surface area contributed by atoms with Gasteiger partial charge in [-0.3, -0.25) is 4.79 Å². The number of amides is 1. The highest BCUT2D eigenvalue weighted by Crippen LogP contribution is 2.31. The molecule has 1 N–H and O–H groups in total. The third-order valence-corrected chi connectivity index (χ3v) is 4.67. The van der Waals surface area contributed by atoms with Gasteiger partial charge in [0.05, 0.1) is 18.8 Å². The number of esters is 1. The van der Waals surface area contributed by atoms with Crippen molar-refractivity contribution in [2.45, 2.75) is 33.8 Å². The molecule has 0 saturated heterocycles. The van der Waals surface area contributed by atoms with Gasteiger partial charge in [-0.2, -0.15) is 0 Å². The zero-order valence-corrected chi connectivity index (χ0v) is 16.4. The topological polar surface area (TPSA) is 64.6 Å². The van der Waals surface area contributed by atoms with E-state index >= 15 is 0 Å². The number of nitrogens with one attached hydrogen (secondary N) is 1. The maximum atomic E-state index is 12.6. The normalized spacial score (nSPS) is 10.8. The number of carbonyl (C=O) groups is 2. The summed E-state index contributed by atoms with van der Waals surface area (Å²) in [6, 6.07) is 7.19. The maximum Gasteiger partial charge on any atom is 0.341 e. The lowest BCUT2D eigenvalue weighted by Crippen LogP contribution is -2.15. The monoisotopic (exact) mass is 375 g/mol. The number of thiophene rings is 1. The number of carbonyl (C=O) groups excluding carboxylic acids is 2. The van der Waals surface area contributed by atoms with Crippen LogP contribution in [0.1, 0.15) is 52.6 Å². The molecule has 0 saturated carbocycles. The summed E-state index contributed by atoms with van der Waals surface area (Å²) >= 11 is 1.35. The second kappa shape index (κ2) is 9.50. The lowest BCUT2D eigenvalue weighted by atomic mass is 10.0. The molecular formula is C20H25NO4S. The Labute approximate surface area is 158 Å². The highest BCUT2D eigenvalue weighted by atomic mass is 32.1. The molecule has 2 rings (SSSR count). The van der Waals surface area contributed by atoms with E-state index in [1.165, 1.54) is 11.3 Å². The van der Waals surface area contributed by atoms with E-state index in [2.05, 4.69) is 19.2 Å². The molecular weight excluding hydrogens is 350 g/mol. The Morgan fingerprint density at radius 2 is 1.88 bits per heavy atom. The molecule has 2 aromatic rings. The Balaban J connectivity index is 2.23. The van der Waals surface area contributed by atoms with Crippen LogP contribution < -0.4 is 5.32 Å². The summed E-state index contributed by atoms with van der Waals surface area (Å²) in [6.45, 7) is 6.74. The van der Waals surface area contributed by atoms with Crippen molar-refractivity contribution in [1.82, 2.24) is 0 Å². The molecule has 0 spiro atoms. The van der Waals surface area contributed by atoms with Gasteiger partial charge in [-0.15, -0.1) is 11.3 Å². The maximum absolute atomic E-state index is 12.6. The van der Waals surface area contributed by atoms with E-state index in [1.807, 2.05) is 17.5 Å². The number of methoxy groups -OCH3 is 1. The van der Waals surface area contributed by atoms with Crippen LogP contribution in [0.2, 0.25) is 0 Å². The predicted molar refractivity (Wildman–Crippen MR) is 104 cm³/mol. The molecule has 0 fully saturated rings.